The molecule has 0 bridgehead atoms. The lowest BCUT2D eigenvalue weighted by Gasteiger charge is -2.29. The van der Waals surface area contributed by atoms with E-state index in [4.69, 9.17) is 19.9 Å². The van der Waals surface area contributed by atoms with Crippen LogP contribution in [-0.4, -0.2) is 54.8 Å². The summed E-state index contributed by atoms with van der Waals surface area (Å²) in [4.78, 5) is 22.9. The van der Waals surface area contributed by atoms with E-state index in [1.54, 1.807) is 39.2 Å². The molecule has 0 saturated carbocycles. The number of methoxy groups -OCH3 is 3. The van der Waals surface area contributed by atoms with E-state index in [9.17, 15) is 4.79 Å². The molecule has 0 unspecified atom stereocenters. The molecule has 146 valence electrons. The third-order valence-corrected chi connectivity index (χ3v) is 4.09. The van der Waals surface area contributed by atoms with E-state index in [1.165, 1.54) is 0 Å². The average molecular weight is 374 g/mol. The van der Waals surface area contributed by atoms with Crippen molar-refractivity contribution in [2.24, 2.45) is 0 Å². The van der Waals surface area contributed by atoms with Gasteiger partial charge in [-0.3, -0.25) is 4.79 Å². The number of nitrogen functional groups attached to an aromatic ring is 1. The summed E-state index contributed by atoms with van der Waals surface area (Å²) in [6.07, 6.45) is 0. The molecular formula is C19H26N4O4. The quantitative estimate of drug-likeness (QED) is 0.755. The van der Waals surface area contributed by atoms with Crippen LogP contribution < -0.4 is 15.2 Å². The monoisotopic (exact) mass is 374 g/mol. The normalized spacial score (nSPS) is 11.7. The number of nitrogens with two attached hydrogens (primary N) is 1. The fourth-order valence-electron chi connectivity index (χ4n) is 2.78. The van der Waals surface area contributed by atoms with Crippen molar-refractivity contribution in [2.45, 2.75) is 26.4 Å². The second kappa shape index (κ2) is 9.18. The summed E-state index contributed by atoms with van der Waals surface area (Å²) in [7, 11) is 4.75. The average Bonchev–Trinajstić information content (AvgIpc) is 2.64. The predicted molar refractivity (Wildman–Crippen MR) is 102 cm³/mol. The molecule has 0 fully saturated rings. The van der Waals surface area contributed by atoms with Crippen molar-refractivity contribution >= 4 is 11.9 Å². The Kier molecular flexibility index (Phi) is 6.95. The smallest absolute Gasteiger partial charge is 0.273 e. The molecule has 0 spiro atoms. The minimum absolute atomic E-state index is 0.0730. The summed E-state index contributed by atoms with van der Waals surface area (Å²) in [5.41, 5.74) is 7.49. The SMILES string of the molecule is COC[C@H](C)N(Cc1ccc(OC)c(OC)c1)C(=O)c1cc(C)nc(N)n1. The van der Waals surface area contributed by atoms with Crippen LogP contribution in [0.2, 0.25) is 0 Å². The lowest BCUT2D eigenvalue weighted by atomic mass is 10.1. The standard InChI is InChI=1S/C19H26N4O4/c1-12-8-15(22-19(20)21-12)18(24)23(13(2)11-25-3)10-14-6-7-16(26-4)17(9-14)27-5/h6-9,13H,10-11H2,1-5H3,(H2,20,21,22)/t13-/m0/s1. The number of benzene rings is 1. The molecular weight excluding hydrogens is 348 g/mol. The van der Waals surface area contributed by atoms with Crippen molar-refractivity contribution in [3.05, 3.63) is 41.2 Å². The highest BCUT2D eigenvalue weighted by Gasteiger charge is 2.24. The van der Waals surface area contributed by atoms with Crippen LogP contribution in [-0.2, 0) is 11.3 Å². The molecule has 2 aromatic rings. The number of aromatic nitrogens is 2. The molecule has 8 heteroatoms. The van der Waals surface area contributed by atoms with Crippen LogP contribution in [0.5, 0.6) is 11.5 Å². The maximum absolute atomic E-state index is 13.1. The van der Waals surface area contributed by atoms with Crippen molar-refractivity contribution in [1.82, 2.24) is 14.9 Å². The molecule has 1 aromatic carbocycles. The Hall–Kier alpha value is -2.87. The Morgan fingerprint density at radius 3 is 2.44 bits per heavy atom. The van der Waals surface area contributed by atoms with E-state index in [-0.39, 0.29) is 23.6 Å². The number of anilines is 1. The summed E-state index contributed by atoms with van der Waals surface area (Å²) in [5.74, 6) is 1.06. The second-order valence-electron chi connectivity index (χ2n) is 6.18. The van der Waals surface area contributed by atoms with Crippen molar-refractivity contribution in [1.29, 1.82) is 0 Å². The van der Waals surface area contributed by atoms with E-state index in [1.807, 2.05) is 25.1 Å². The Balaban J connectivity index is 2.35. The first kappa shape index (κ1) is 20.4. The highest BCUT2D eigenvalue weighted by molar-refractivity contribution is 5.92. The van der Waals surface area contributed by atoms with Crippen LogP contribution in [0.3, 0.4) is 0 Å². The van der Waals surface area contributed by atoms with Crippen LogP contribution in [0.4, 0.5) is 5.95 Å². The number of nitrogens with zero attached hydrogens (tertiary/aromatic N) is 3. The van der Waals surface area contributed by atoms with E-state index in [0.717, 1.165) is 5.56 Å². The Labute approximate surface area is 159 Å². The summed E-state index contributed by atoms with van der Waals surface area (Å²) in [5, 5.41) is 0. The molecule has 1 atom stereocenters. The van der Waals surface area contributed by atoms with Gasteiger partial charge >= 0.3 is 0 Å². The van der Waals surface area contributed by atoms with Crippen LogP contribution in [0.15, 0.2) is 24.3 Å². The first-order chi connectivity index (χ1) is 12.9. The molecule has 1 amide bonds. The van der Waals surface area contributed by atoms with Gasteiger partial charge in [0.25, 0.3) is 5.91 Å². The van der Waals surface area contributed by atoms with Gasteiger partial charge < -0.3 is 24.8 Å². The largest absolute Gasteiger partial charge is 0.493 e. The molecule has 0 saturated heterocycles. The van der Waals surface area contributed by atoms with Gasteiger partial charge in [-0.2, -0.15) is 0 Å². The molecule has 1 aromatic heterocycles. The highest BCUT2D eigenvalue weighted by atomic mass is 16.5. The van der Waals surface area contributed by atoms with Crippen molar-refractivity contribution in [3.8, 4) is 11.5 Å². The maximum atomic E-state index is 13.1. The zero-order valence-corrected chi connectivity index (χ0v) is 16.4. The molecule has 8 nitrogen and oxygen atoms in total. The molecule has 2 N–H and O–H groups in total. The van der Waals surface area contributed by atoms with E-state index in [0.29, 0.717) is 30.3 Å². The summed E-state index contributed by atoms with van der Waals surface area (Å²) < 4.78 is 15.9. The first-order valence-corrected chi connectivity index (χ1v) is 8.51. The molecule has 0 aliphatic heterocycles. The Bertz CT molecular complexity index is 777. The summed E-state index contributed by atoms with van der Waals surface area (Å²) >= 11 is 0. The third-order valence-electron chi connectivity index (χ3n) is 4.09. The van der Waals surface area contributed by atoms with Gasteiger partial charge in [-0.05, 0) is 37.6 Å². The number of ether oxygens (including phenoxy) is 3. The number of amides is 1. The number of carbonyl (C=O) groups is 1. The van der Waals surface area contributed by atoms with Gasteiger partial charge in [-0.1, -0.05) is 6.07 Å². The Morgan fingerprint density at radius 1 is 1.15 bits per heavy atom. The minimum atomic E-state index is -0.244. The van der Waals surface area contributed by atoms with Crippen molar-refractivity contribution in [2.75, 3.05) is 33.7 Å². The van der Waals surface area contributed by atoms with Crippen LogP contribution in [0.25, 0.3) is 0 Å². The summed E-state index contributed by atoms with van der Waals surface area (Å²) in [6.45, 7) is 4.43. The molecule has 0 radical (unpaired) electrons. The molecule has 0 aliphatic carbocycles. The van der Waals surface area contributed by atoms with Gasteiger partial charge in [0.05, 0.1) is 26.9 Å². The van der Waals surface area contributed by atoms with Crippen molar-refractivity contribution < 1.29 is 19.0 Å². The lowest BCUT2D eigenvalue weighted by Crippen LogP contribution is -2.41. The Morgan fingerprint density at radius 2 is 1.85 bits per heavy atom. The fraction of sp³-hybridized carbons (Fsp3) is 0.421. The van der Waals surface area contributed by atoms with Crippen molar-refractivity contribution in [3.63, 3.8) is 0 Å². The van der Waals surface area contributed by atoms with E-state index in [2.05, 4.69) is 9.97 Å². The fourth-order valence-corrected chi connectivity index (χ4v) is 2.78. The van der Waals surface area contributed by atoms with E-state index >= 15 is 0 Å². The van der Waals surface area contributed by atoms with Gasteiger partial charge in [0.2, 0.25) is 5.95 Å². The number of hydrogen-bond acceptors (Lipinski definition) is 7. The van der Waals surface area contributed by atoms with Gasteiger partial charge in [0.1, 0.15) is 5.69 Å². The molecule has 2 rings (SSSR count). The molecule has 27 heavy (non-hydrogen) atoms. The van der Waals surface area contributed by atoms with Crippen LogP contribution in [0, 0.1) is 6.92 Å². The zero-order valence-electron chi connectivity index (χ0n) is 16.4. The van der Waals surface area contributed by atoms with E-state index < -0.39 is 0 Å². The topological polar surface area (TPSA) is 99.8 Å². The molecule has 0 aliphatic rings. The van der Waals surface area contributed by atoms with Gasteiger partial charge in [0.15, 0.2) is 11.5 Å². The van der Waals surface area contributed by atoms with Crippen LogP contribution in [0.1, 0.15) is 28.7 Å². The maximum Gasteiger partial charge on any atom is 0.273 e. The van der Waals surface area contributed by atoms with Crippen LogP contribution >= 0.6 is 0 Å². The number of aryl methyl sites for hydroxylation is 1. The lowest BCUT2D eigenvalue weighted by molar-refractivity contribution is 0.0536. The van der Waals surface area contributed by atoms with Gasteiger partial charge in [0, 0.05) is 19.3 Å². The third kappa shape index (κ3) is 5.07. The number of hydrogen-bond donors (Lipinski definition) is 1. The number of rotatable bonds is 8. The minimum Gasteiger partial charge on any atom is -0.493 e. The zero-order chi connectivity index (χ0) is 20.0. The summed E-state index contributed by atoms with van der Waals surface area (Å²) in [6, 6.07) is 7.00. The highest BCUT2D eigenvalue weighted by Crippen LogP contribution is 2.28. The number of carbonyl (C=O) groups excluding carboxylic acids is 1. The molecule has 1 heterocycles. The van der Waals surface area contributed by atoms with Gasteiger partial charge in [-0.15, -0.1) is 0 Å². The van der Waals surface area contributed by atoms with Gasteiger partial charge in [-0.25, -0.2) is 9.97 Å². The first-order valence-electron chi connectivity index (χ1n) is 8.51. The second-order valence-corrected chi connectivity index (χ2v) is 6.18. The predicted octanol–water partition coefficient (Wildman–Crippen LogP) is 2.06.